The summed E-state index contributed by atoms with van der Waals surface area (Å²) in [5, 5.41) is 5.84. The van der Waals surface area contributed by atoms with E-state index in [4.69, 9.17) is 4.74 Å². The number of aromatic nitrogens is 4. The van der Waals surface area contributed by atoms with Crippen LogP contribution >= 0.6 is 11.8 Å². The van der Waals surface area contributed by atoms with E-state index >= 15 is 0 Å². The van der Waals surface area contributed by atoms with Crippen LogP contribution in [0.4, 0.5) is 4.79 Å². The molecule has 0 fully saturated rings. The summed E-state index contributed by atoms with van der Waals surface area (Å²) in [7, 11) is 1.43. The van der Waals surface area contributed by atoms with Crippen LogP contribution in [-0.2, 0) is 23.1 Å². The van der Waals surface area contributed by atoms with Gasteiger partial charge in [0.15, 0.2) is 5.65 Å². The summed E-state index contributed by atoms with van der Waals surface area (Å²) in [4.78, 5) is 59.2. The molecule has 178 valence electrons. The van der Waals surface area contributed by atoms with E-state index in [1.54, 1.807) is 6.92 Å². The van der Waals surface area contributed by atoms with Crippen molar-refractivity contribution in [2.24, 2.45) is 7.05 Å². The number of carbonyl (C=O) groups excluding carboxylic acids is 2. The molecule has 3 heterocycles. The lowest BCUT2D eigenvalue weighted by Crippen LogP contribution is -2.44. The Hall–Kier alpha value is -3.15. The third kappa shape index (κ3) is 4.95. The van der Waals surface area contributed by atoms with Crippen LogP contribution in [-0.4, -0.2) is 50.0 Å². The summed E-state index contributed by atoms with van der Waals surface area (Å²) in [6, 6.07) is -0.429. The number of hydrogen-bond donors (Lipinski definition) is 2. The van der Waals surface area contributed by atoms with Crippen LogP contribution in [0.2, 0.25) is 0 Å². The van der Waals surface area contributed by atoms with Crippen molar-refractivity contribution in [3.8, 4) is 0 Å². The first-order chi connectivity index (χ1) is 15.7. The van der Waals surface area contributed by atoms with Crippen LogP contribution in [0.25, 0.3) is 11.0 Å². The standard InChI is InChI=1S/C21H28N6O5S/c1-6-8-27-16-14(18(28)26(5)21(27)31)17(25-15(24-16)11(3)4)33-10-13-12(19(29)32-7-2)9-22-20(30)23-13/h11H,6-10H2,1-5H3,(H2,22,23,30). The minimum absolute atomic E-state index is 0.0418. The normalized spacial score (nSPS) is 13.9. The van der Waals surface area contributed by atoms with Gasteiger partial charge < -0.3 is 15.4 Å². The molecule has 0 atom stereocenters. The van der Waals surface area contributed by atoms with Crippen molar-refractivity contribution in [1.29, 1.82) is 0 Å². The van der Waals surface area contributed by atoms with Gasteiger partial charge in [-0.05, 0) is 13.3 Å². The first-order valence-corrected chi connectivity index (χ1v) is 11.8. The van der Waals surface area contributed by atoms with Crippen LogP contribution in [0.3, 0.4) is 0 Å². The topological polar surface area (TPSA) is 137 Å². The van der Waals surface area contributed by atoms with Crippen LogP contribution in [0.1, 0.15) is 45.9 Å². The van der Waals surface area contributed by atoms with Gasteiger partial charge in [0.05, 0.1) is 18.7 Å². The number of thioether (sulfide) groups is 1. The van der Waals surface area contributed by atoms with Crippen molar-refractivity contribution < 1.29 is 14.3 Å². The number of nitrogens with one attached hydrogen (secondary N) is 2. The van der Waals surface area contributed by atoms with Gasteiger partial charge in [0.1, 0.15) is 16.2 Å². The summed E-state index contributed by atoms with van der Waals surface area (Å²) < 4.78 is 7.64. The van der Waals surface area contributed by atoms with E-state index in [1.165, 1.54) is 23.4 Å². The van der Waals surface area contributed by atoms with Crippen LogP contribution in [0.5, 0.6) is 0 Å². The molecule has 0 spiro atoms. The molecule has 0 radical (unpaired) electrons. The van der Waals surface area contributed by atoms with Crippen molar-refractivity contribution in [2.45, 2.75) is 51.6 Å². The van der Waals surface area contributed by atoms with Gasteiger partial charge in [0.2, 0.25) is 0 Å². The molecule has 0 aliphatic carbocycles. The summed E-state index contributed by atoms with van der Waals surface area (Å²) in [5.74, 6) is 0.0948. The molecule has 2 N–H and O–H groups in total. The number of hydrogen-bond acceptors (Lipinski definition) is 8. The fourth-order valence-electron chi connectivity index (χ4n) is 3.35. The minimum Gasteiger partial charge on any atom is -0.463 e. The number of fused-ring (bicyclic) bond motifs is 1. The second kappa shape index (κ2) is 10.2. The minimum atomic E-state index is -0.524. The van der Waals surface area contributed by atoms with Gasteiger partial charge in [-0.25, -0.2) is 24.4 Å². The second-order valence-corrected chi connectivity index (χ2v) is 8.78. The lowest BCUT2D eigenvalue weighted by molar-refractivity contribution is -0.138. The van der Waals surface area contributed by atoms with Crippen molar-refractivity contribution in [3.05, 3.63) is 37.9 Å². The zero-order valence-electron chi connectivity index (χ0n) is 19.4. The lowest BCUT2D eigenvalue weighted by atomic mass is 10.2. The molecule has 0 saturated heterocycles. The molecule has 1 aliphatic heterocycles. The Morgan fingerprint density at radius 1 is 1.21 bits per heavy atom. The SMILES string of the molecule is CCCn1c(=O)n(C)c(=O)c2c(SCC3=C(C(=O)OCC)CNC(=O)N3)nc(C(C)C)nc21. The molecular weight excluding hydrogens is 448 g/mol. The number of amides is 2. The molecule has 33 heavy (non-hydrogen) atoms. The maximum atomic E-state index is 13.1. The van der Waals surface area contributed by atoms with Crippen molar-refractivity contribution in [1.82, 2.24) is 29.7 Å². The first-order valence-electron chi connectivity index (χ1n) is 10.8. The Kier molecular flexibility index (Phi) is 7.57. The smallest absolute Gasteiger partial charge is 0.337 e. The predicted molar refractivity (Wildman–Crippen MR) is 124 cm³/mol. The molecule has 1 aliphatic rings. The highest BCUT2D eigenvalue weighted by Crippen LogP contribution is 2.27. The zero-order chi connectivity index (χ0) is 24.3. The highest BCUT2D eigenvalue weighted by atomic mass is 32.2. The number of urea groups is 1. The monoisotopic (exact) mass is 476 g/mol. The average molecular weight is 477 g/mol. The van der Waals surface area contributed by atoms with Crippen LogP contribution in [0.15, 0.2) is 25.9 Å². The van der Waals surface area contributed by atoms with E-state index in [1.807, 2.05) is 20.8 Å². The maximum Gasteiger partial charge on any atom is 0.337 e. The molecule has 2 aromatic heterocycles. The van der Waals surface area contributed by atoms with Crippen molar-refractivity contribution in [3.63, 3.8) is 0 Å². The maximum absolute atomic E-state index is 13.1. The number of ether oxygens (including phenoxy) is 1. The van der Waals surface area contributed by atoms with Crippen molar-refractivity contribution >= 4 is 34.8 Å². The van der Waals surface area contributed by atoms with E-state index in [-0.39, 0.29) is 30.2 Å². The average Bonchev–Trinajstić information content (AvgIpc) is 2.78. The Balaban J connectivity index is 2.16. The molecule has 0 bridgehead atoms. The number of rotatable bonds is 8. The van der Waals surface area contributed by atoms with Gasteiger partial charge in [-0.3, -0.25) is 13.9 Å². The molecular formula is C21H28N6O5S. The number of nitrogens with zero attached hydrogens (tertiary/aromatic N) is 4. The van der Waals surface area contributed by atoms with E-state index in [2.05, 4.69) is 20.6 Å². The third-order valence-electron chi connectivity index (χ3n) is 5.06. The highest BCUT2D eigenvalue weighted by molar-refractivity contribution is 7.99. The van der Waals surface area contributed by atoms with E-state index in [0.717, 1.165) is 4.57 Å². The zero-order valence-corrected chi connectivity index (χ0v) is 20.2. The number of carbonyl (C=O) groups is 2. The summed E-state index contributed by atoms with van der Waals surface area (Å²) in [6.45, 7) is 8.14. The fourth-order valence-corrected chi connectivity index (χ4v) is 4.36. The van der Waals surface area contributed by atoms with E-state index < -0.39 is 23.2 Å². The third-order valence-corrected chi connectivity index (χ3v) is 6.06. The van der Waals surface area contributed by atoms with Gasteiger partial charge in [0, 0.05) is 31.0 Å². The van der Waals surface area contributed by atoms with Gasteiger partial charge in [-0.2, -0.15) is 0 Å². The highest BCUT2D eigenvalue weighted by Gasteiger charge is 2.25. The summed E-state index contributed by atoms with van der Waals surface area (Å²) >= 11 is 1.20. The quantitative estimate of drug-likeness (QED) is 0.330. The van der Waals surface area contributed by atoms with Crippen LogP contribution in [0, 0.1) is 0 Å². The Morgan fingerprint density at radius 3 is 2.58 bits per heavy atom. The molecule has 2 aromatic rings. The molecule has 11 nitrogen and oxygen atoms in total. The van der Waals surface area contributed by atoms with Crippen molar-refractivity contribution in [2.75, 3.05) is 18.9 Å². The van der Waals surface area contributed by atoms with E-state index in [0.29, 0.717) is 40.7 Å². The van der Waals surface area contributed by atoms with Gasteiger partial charge in [-0.15, -0.1) is 0 Å². The molecule has 2 amide bonds. The second-order valence-electron chi connectivity index (χ2n) is 7.81. The van der Waals surface area contributed by atoms with Crippen LogP contribution < -0.4 is 21.9 Å². The van der Waals surface area contributed by atoms with Gasteiger partial charge >= 0.3 is 17.7 Å². The lowest BCUT2D eigenvalue weighted by Gasteiger charge is -2.21. The largest absolute Gasteiger partial charge is 0.463 e. The van der Waals surface area contributed by atoms with Gasteiger partial charge in [0.25, 0.3) is 5.56 Å². The first kappa shape index (κ1) is 24.5. The molecule has 3 rings (SSSR count). The molecule has 0 saturated carbocycles. The Labute approximate surface area is 194 Å². The van der Waals surface area contributed by atoms with Gasteiger partial charge in [-0.1, -0.05) is 32.5 Å². The fraction of sp³-hybridized carbons (Fsp3) is 0.524. The molecule has 12 heteroatoms. The number of esters is 1. The Bertz CT molecular complexity index is 1250. The summed E-state index contributed by atoms with van der Waals surface area (Å²) in [5.41, 5.74) is 0.0618. The number of aryl methyl sites for hydroxylation is 1. The predicted octanol–water partition coefficient (Wildman–Crippen LogP) is 1.25. The summed E-state index contributed by atoms with van der Waals surface area (Å²) in [6.07, 6.45) is 0.686. The molecule has 0 aromatic carbocycles. The molecule has 0 unspecified atom stereocenters. The van der Waals surface area contributed by atoms with E-state index in [9.17, 15) is 19.2 Å². The Morgan fingerprint density at radius 2 is 1.94 bits per heavy atom.